The average molecular weight is 380 g/mol. The van der Waals surface area contributed by atoms with Gasteiger partial charge in [0.25, 0.3) is 5.22 Å². The lowest BCUT2D eigenvalue weighted by Crippen LogP contribution is -2.35. The Hall–Kier alpha value is -1.53. The van der Waals surface area contributed by atoms with E-state index in [1.54, 1.807) is 12.1 Å². The van der Waals surface area contributed by atoms with Crippen LogP contribution in [0.3, 0.4) is 0 Å². The Morgan fingerprint density at radius 2 is 2.00 bits per heavy atom. The van der Waals surface area contributed by atoms with Crippen LogP contribution in [0.2, 0.25) is 5.02 Å². The van der Waals surface area contributed by atoms with Gasteiger partial charge in [0.2, 0.25) is 11.8 Å². The minimum absolute atomic E-state index is 0.0156. The Morgan fingerprint density at radius 3 is 2.72 bits per heavy atom. The van der Waals surface area contributed by atoms with Gasteiger partial charge in [-0.2, -0.15) is 0 Å². The summed E-state index contributed by atoms with van der Waals surface area (Å²) in [5, 5.41) is 11.9. The van der Waals surface area contributed by atoms with Crippen molar-refractivity contribution in [2.45, 2.75) is 49.5 Å². The number of nitrogens with one attached hydrogen (secondary N) is 1. The van der Waals surface area contributed by atoms with Crippen molar-refractivity contribution in [1.82, 2.24) is 15.5 Å². The molecule has 1 aliphatic carbocycles. The summed E-state index contributed by atoms with van der Waals surface area (Å²) in [6.07, 6.45) is 6.32. The number of benzene rings is 1. The monoisotopic (exact) mass is 379 g/mol. The molecule has 0 saturated heterocycles. The molecule has 1 atom stereocenters. The molecule has 0 bridgehead atoms. The molecule has 134 valence electrons. The van der Waals surface area contributed by atoms with Gasteiger partial charge in [-0.1, -0.05) is 42.6 Å². The van der Waals surface area contributed by atoms with Gasteiger partial charge in [-0.05, 0) is 49.9 Å². The number of rotatable bonds is 6. The van der Waals surface area contributed by atoms with Crippen molar-refractivity contribution in [1.29, 1.82) is 0 Å². The SMILES string of the molecule is C[C@H](Sc1nnc(-c2ccc(Cl)cc2)o1)C(=O)NCC1CCCCC1. The van der Waals surface area contributed by atoms with Gasteiger partial charge in [0.1, 0.15) is 0 Å². The number of carbonyl (C=O) groups is 1. The van der Waals surface area contributed by atoms with Crippen LogP contribution in [0.25, 0.3) is 11.5 Å². The smallest absolute Gasteiger partial charge is 0.277 e. The molecule has 0 unspecified atom stereocenters. The lowest BCUT2D eigenvalue weighted by molar-refractivity contribution is -0.120. The van der Waals surface area contributed by atoms with Crippen molar-refractivity contribution in [2.75, 3.05) is 6.54 Å². The highest BCUT2D eigenvalue weighted by Crippen LogP contribution is 2.27. The molecule has 0 spiro atoms. The highest BCUT2D eigenvalue weighted by Gasteiger charge is 2.20. The molecule has 3 rings (SSSR count). The van der Waals surface area contributed by atoms with Crippen LogP contribution in [0.15, 0.2) is 33.9 Å². The van der Waals surface area contributed by atoms with Crippen molar-refractivity contribution in [2.24, 2.45) is 5.92 Å². The minimum Gasteiger partial charge on any atom is -0.411 e. The molecule has 0 aliphatic heterocycles. The average Bonchev–Trinajstić information content (AvgIpc) is 3.09. The molecular formula is C18H22ClN3O2S. The van der Waals surface area contributed by atoms with Gasteiger partial charge in [0.05, 0.1) is 5.25 Å². The lowest BCUT2D eigenvalue weighted by Gasteiger charge is -2.22. The third kappa shape index (κ3) is 5.22. The van der Waals surface area contributed by atoms with Gasteiger partial charge in [-0.3, -0.25) is 4.79 Å². The zero-order valence-electron chi connectivity index (χ0n) is 14.2. The van der Waals surface area contributed by atoms with Crippen molar-refractivity contribution in [3.05, 3.63) is 29.3 Å². The third-order valence-corrected chi connectivity index (χ3v) is 5.62. The van der Waals surface area contributed by atoms with E-state index in [0.29, 0.717) is 22.1 Å². The zero-order chi connectivity index (χ0) is 17.6. The quantitative estimate of drug-likeness (QED) is 0.744. The summed E-state index contributed by atoms with van der Waals surface area (Å²) < 4.78 is 5.64. The maximum absolute atomic E-state index is 12.3. The molecule has 1 saturated carbocycles. The van der Waals surface area contributed by atoms with Crippen LogP contribution < -0.4 is 5.32 Å². The van der Waals surface area contributed by atoms with E-state index in [2.05, 4.69) is 15.5 Å². The summed E-state index contributed by atoms with van der Waals surface area (Å²) >= 11 is 7.16. The fourth-order valence-corrected chi connectivity index (χ4v) is 3.79. The summed E-state index contributed by atoms with van der Waals surface area (Å²) in [6, 6.07) is 7.19. The zero-order valence-corrected chi connectivity index (χ0v) is 15.8. The molecule has 1 fully saturated rings. The lowest BCUT2D eigenvalue weighted by atomic mass is 9.89. The number of nitrogens with zero attached hydrogens (tertiary/aromatic N) is 2. The molecule has 1 aliphatic rings. The maximum atomic E-state index is 12.3. The van der Waals surface area contributed by atoms with Crippen LogP contribution in [-0.4, -0.2) is 27.9 Å². The van der Waals surface area contributed by atoms with E-state index in [1.807, 2.05) is 19.1 Å². The first-order valence-corrected chi connectivity index (χ1v) is 9.91. The highest BCUT2D eigenvalue weighted by atomic mass is 35.5. The number of carbonyl (C=O) groups excluding carboxylic acids is 1. The first kappa shape index (κ1) is 18.3. The Bertz CT molecular complexity index is 699. The van der Waals surface area contributed by atoms with E-state index in [9.17, 15) is 4.79 Å². The van der Waals surface area contributed by atoms with E-state index in [0.717, 1.165) is 12.1 Å². The molecule has 7 heteroatoms. The summed E-state index contributed by atoms with van der Waals surface area (Å²) in [6.45, 7) is 2.62. The van der Waals surface area contributed by atoms with Crippen LogP contribution in [0.5, 0.6) is 0 Å². The van der Waals surface area contributed by atoms with Gasteiger partial charge in [0, 0.05) is 17.1 Å². The predicted octanol–water partition coefficient (Wildman–Crippen LogP) is 4.57. The second kappa shape index (κ2) is 8.72. The first-order chi connectivity index (χ1) is 12.1. The van der Waals surface area contributed by atoms with E-state index < -0.39 is 0 Å². The second-order valence-electron chi connectivity index (χ2n) is 6.39. The van der Waals surface area contributed by atoms with Gasteiger partial charge in [-0.15, -0.1) is 10.2 Å². The molecule has 1 N–H and O–H groups in total. The Kier molecular flexibility index (Phi) is 6.37. The van der Waals surface area contributed by atoms with E-state index in [1.165, 1.54) is 43.9 Å². The number of aromatic nitrogens is 2. The van der Waals surface area contributed by atoms with E-state index in [4.69, 9.17) is 16.0 Å². The third-order valence-electron chi connectivity index (χ3n) is 4.43. The van der Waals surface area contributed by atoms with Crippen LogP contribution in [0.1, 0.15) is 39.0 Å². The largest absolute Gasteiger partial charge is 0.411 e. The van der Waals surface area contributed by atoms with Crippen LogP contribution >= 0.6 is 23.4 Å². The van der Waals surface area contributed by atoms with Gasteiger partial charge in [-0.25, -0.2) is 0 Å². The summed E-state index contributed by atoms with van der Waals surface area (Å²) in [4.78, 5) is 12.3. The number of thioether (sulfide) groups is 1. The molecule has 0 radical (unpaired) electrons. The van der Waals surface area contributed by atoms with E-state index >= 15 is 0 Å². The predicted molar refractivity (Wildman–Crippen MR) is 99.6 cm³/mol. The van der Waals surface area contributed by atoms with Crippen molar-refractivity contribution in [3.8, 4) is 11.5 Å². The second-order valence-corrected chi connectivity index (χ2v) is 8.12. The summed E-state index contributed by atoms with van der Waals surface area (Å²) in [7, 11) is 0. The van der Waals surface area contributed by atoms with Gasteiger partial charge >= 0.3 is 0 Å². The molecule has 1 amide bonds. The number of hydrogen-bond acceptors (Lipinski definition) is 5. The highest BCUT2D eigenvalue weighted by molar-refractivity contribution is 8.00. The van der Waals surface area contributed by atoms with E-state index in [-0.39, 0.29) is 11.2 Å². The molecule has 25 heavy (non-hydrogen) atoms. The maximum Gasteiger partial charge on any atom is 0.277 e. The first-order valence-electron chi connectivity index (χ1n) is 8.65. The molecule has 1 aromatic carbocycles. The normalized spacial score (nSPS) is 16.6. The van der Waals surface area contributed by atoms with Crippen LogP contribution in [0, 0.1) is 5.92 Å². The molecular weight excluding hydrogens is 358 g/mol. The fraction of sp³-hybridized carbons (Fsp3) is 0.500. The molecule has 2 aromatic rings. The van der Waals surface area contributed by atoms with Gasteiger partial charge < -0.3 is 9.73 Å². The molecule has 1 aromatic heterocycles. The summed E-state index contributed by atoms with van der Waals surface area (Å²) in [5.74, 6) is 1.06. The standard InChI is InChI=1S/C18H22ClN3O2S/c1-12(16(23)20-11-13-5-3-2-4-6-13)25-18-22-21-17(24-18)14-7-9-15(19)10-8-14/h7-10,12-13H,2-6,11H2,1H3,(H,20,23)/t12-/m0/s1. The molecule has 1 heterocycles. The van der Waals surface area contributed by atoms with Crippen molar-refractivity contribution >= 4 is 29.3 Å². The number of halogens is 1. The minimum atomic E-state index is -0.276. The number of hydrogen-bond donors (Lipinski definition) is 1. The topological polar surface area (TPSA) is 68.0 Å². The van der Waals surface area contributed by atoms with Gasteiger partial charge in [0.15, 0.2) is 0 Å². The van der Waals surface area contributed by atoms with Crippen LogP contribution in [-0.2, 0) is 4.79 Å². The van der Waals surface area contributed by atoms with Crippen molar-refractivity contribution in [3.63, 3.8) is 0 Å². The van der Waals surface area contributed by atoms with Crippen LogP contribution in [0.4, 0.5) is 0 Å². The Balaban J connectivity index is 1.51. The fourth-order valence-electron chi connectivity index (χ4n) is 2.95. The summed E-state index contributed by atoms with van der Waals surface area (Å²) in [5.41, 5.74) is 0.804. The number of amides is 1. The molecule has 5 nitrogen and oxygen atoms in total. The Labute approximate surface area is 156 Å². The Morgan fingerprint density at radius 1 is 1.28 bits per heavy atom. The van der Waals surface area contributed by atoms with Crippen molar-refractivity contribution < 1.29 is 9.21 Å².